The Morgan fingerprint density at radius 2 is 1.60 bits per heavy atom. The van der Waals surface area contributed by atoms with Crippen LogP contribution in [0.2, 0.25) is 0 Å². The monoisotopic (exact) mass is 335 g/mol. The molecule has 0 radical (unpaired) electrons. The highest BCUT2D eigenvalue weighted by atomic mass is 14.5. The molecule has 0 unspecified atom stereocenters. The molecule has 0 saturated carbocycles. The van der Waals surface area contributed by atoms with Crippen LogP contribution >= 0.6 is 0 Å². The molecule has 0 aliphatic carbocycles. The molecular weight excluding hydrogens is 302 g/mol. The van der Waals surface area contributed by atoms with Crippen molar-refractivity contribution in [2.45, 2.75) is 40.5 Å². The fourth-order valence-electron chi connectivity index (χ4n) is 1.82. The maximum absolute atomic E-state index is 5.55. The Morgan fingerprint density at radius 3 is 2.24 bits per heavy atom. The van der Waals surface area contributed by atoms with E-state index in [1.54, 1.807) is 0 Å². The lowest BCUT2D eigenvalue weighted by atomic mass is 10.1. The first kappa shape index (κ1) is 22.5. The molecular formula is C24H33N. The van der Waals surface area contributed by atoms with E-state index >= 15 is 0 Å². The molecule has 0 aromatic carbocycles. The van der Waals surface area contributed by atoms with E-state index in [1.807, 2.05) is 31.2 Å². The van der Waals surface area contributed by atoms with E-state index in [9.17, 15) is 0 Å². The smallest absolute Gasteiger partial charge is 0.0241 e. The second-order valence-electron chi connectivity index (χ2n) is 5.77. The second-order valence-corrected chi connectivity index (χ2v) is 5.77. The fraction of sp³-hybridized carbons (Fsp3) is 0.250. The Labute approximate surface area is 154 Å². The van der Waals surface area contributed by atoms with Crippen LogP contribution in [0.4, 0.5) is 0 Å². The molecule has 0 aromatic heterocycles. The quantitative estimate of drug-likeness (QED) is 0.433. The first-order valence-corrected chi connectivity index (χ1v) is 8.78. The zero-order valence-corrected chi connectivity index (χ0v) is 16.2. The second kappa shape index (κ2) is 15.0. The third kappa shape index (κ3) is 14.8. The van der Waals surface area contributed by atoms with Crippen molar-refractivity contribution in [2.75, 3.05) is 0 Å². The third-order valence-electron chi connectivity index (χ3n) is 3.32. The van der Waals surface area contributed by atoms with Gasteiger partial charge >= 0.3 is 0 Å². The van der Waals surface area contributed by atoms with Crippen molar-refractivity contribution in [3.8, 4) is 0 Å². The minimum Gasteiger partial charge on any atom is -0.399 e. The normalized spacial score (nSPS) is 15.0. The Hall–Kier alpha value is -2.54. The molecule has 1 heteroatoms. The molecule has 0 spiro atoms. The lowest BCUT2D eigenvalue weighted by molar-refractivity contribution is 1.15. The van der Waals surface area contributed by atoms with Gasteiger partial charge < -0.3 is 5.73 Å². The maximum atomic E-state index is 5.55. The minimum absolute atomic E-state index is 0.575. The molecule has 0 bridgehead atoms. The van der Waals surface area contributed by atoms with Gasteiger partial charge in [-0.3, -0.25) is 0 Å². The van der Waals surface area contributed by atoms with Gasteiger partial charge in [-0.2, -0.15) is 0 Å². The minimum atomic E-state index is 0.575. The van der Waals surface area contributed by atoms with Gasteiger partial charge in [-0.1, -0.05) is 97.6 Å². The number of hydrogen-bond donors (Lipinski definition) is 1. The van der Waals surface area contributed by atoms with E-state index in [0.29, 0.717) is 5.70 Å². The highest BCUT2D eigenvalue weighted by molar-refractivity contribution is 5.31. The summed E-state index contributed by atoms with van der Waals surface area (Å²) in [7, 11) is 0. The van der Waals surface area contributed by atoms with E-state index < -0.39 is 0 Å². The average molecular weight is 336 g/mol. The van der Waals surface area contributed by atoms with Crippen LogP contribution in [0, 0.1) is 0 Å². The van der Waals surface area contributed by atoms with Crippen LogP contribution in [0.1, 0.15) is 40.5 Å². The van der Waals surface area contributed by atoms with Crippen molar-refractivity contribution in [1.82, 2.24) is 0 Å². The largest absolute Gasteiger partial charge is 0.399 e. The predicted molar refractivity (Wildman–Crippen MR) is 115 cm³/mol. The van der Waals surface area contributed by atoms with E-state index in [1.165, 1.54) is 16.7 Å². The lowest BCUT2D eigenvalue weighted by Crippen LogP contribution is -1.88. The van der Waals surface area contributed by atoms with Crippen LogP contribution in [0.15, 0.2) is 108 Å². The first-order chi connectivity index (χ1) is 12.0. The van der Waals surface area contributed by atoms with Crippen LogP contribution in [0.5, 0.6) is 0 Å². The van der Waals surface area contributed by atoms with Crippen LogP contribution in [0.25, 0.3) is 0 Å². The summed E-state index contributed by atoms with van der Waals surface area (Å²) in [5, 5.41) is 0. The molecule has 134 valence electrons. The van der Waals surface area contributed by atoms with Crippen molar-refractivity contribution in [3.63, 3.8) is 0 Å². The third-order valence-corrected chi connectivity index (χ3v) is 3.32. The molecule has 1 nitrogen and oxygen atoms in total. The zero-order chi connectivity index (χ0) is 18.9. The first-order valence-electron chi connectivity index (χ1n) is 8.78. The lowest BCUT2D eigenvalue weighted by Gasteiger charge is -1.95. The van der Waals surface area contributed by atoms with Gasteiger partial charge in [0.1, 0.15) is 0 Å². The Balaban J connectivity index is 4.53. The number of nitrogens with two attached hydrogens (primary N) is 1. The molecule has 2 N–H and O–H groups in total. The highest BCUT2D eigenvalue weighted by Gasteiger charge is 1.86. The molecule has 0 saturated heterocycles. The van der Waals surface area contributed by atoms with Crippen LogP contribution < -0.4 is 5.73 Å². The van der Waals surface area contributed by atoms with Crippen molar-refractivity contribution in [3.05, 3.63) is 108 Å². The molecule has 0 atom stereocenters. The summed E-state index contributed by atoms with van der Waals surface area (Å²) in [6, 6.07) is 0. The molecule has 0 aromatic rings. The average Bonchev–Trinajstić information content (AvgIpc) is 2.57. The van der Waals surface area contributed by atoms with Crippen molar-refractivity contribution in [1.29, 1.82) is 0 Å². The molecule has 25 heavy (non-hydrogen) atoms. The predicted octanol–water partition coefficient (Wildman–Crippen LogP) is 6.88. The summed E-state index contributed by atoms with van der Waals surface area (Å²) in [5.41, 5.74) is 9.83. The molecule has 0 fully saturated rings. The van der Waals surface area contributed by atoms with Crippen LogP contribution in [-0.2, 0) is 0 Å². The molecule has 0 rings (SSSR count). The summed E-state index contributed by atoms with van der Waals surface area (Å²) in [5.74, 6) is 0. The highest BCUT2D eigenvalue weighted by Crippen LogP contribution is 2.05. The summed E-state index contributed by atoms with van der Waals surface area (Å²) >= 11 is 0. The molecule has 0 aliphatic rings. The molecule has 0 heterocycles. The zero-order valence-electron chi connectivity index (χ0n) is 16.2. The molecule has 0 aliphatic heterocycles. The van der Waals surface area contributed by atoms with E-state index in [-0.39, 0.29) is 0 Å². The Bertz CT molecular complexity index is 629. The van der Waals surface area contributed by atoms with Crippen LogP contribution in [-0.4, -0.2) is 0 Å². The van der Waals surface area contributed by atoms with Gasteiger partial charge in [0.25, 0.3) is 0 Å². The van der Waals surface area contributed by atoms with Gasteiger partial charge in [-0.05, 0) is 45.3 Å². The Kier molecular flexibility index (Phi) is 13.5. The van der Waals surface area contributed by atoms with Crippen molar-refractivity contribution in [2.24, 2.45) is 5.73 Å². The van der Waals surface area contributed by atoms with E-state index in [0.717, 1.165) is 12.8 Å². The van der Waals surface area contributed by atoms with Gasteiger partial charge in [-0.25, -0.2) is 0 Å². The van der Waals surface area contributed by atoms with Gasteiger partial charge in [0.05, 0.1) is 0 Å². The van der Waals surface area contributed by atoms with Crippen molar-refractivity contribution < 1.29 is 0 Å². The topological polar surface area (TPSA) is 26.0 Å². The summed E-state index contributed by atoms with van der Waals surface area (Å²) < 4.78 is 0. The van der Waals surface area contributed by atoms with Crippen LogP contribution in [0.3, 0.4) is 0 Å². The van der Waals surface area contributed by atoms with E-state index in [4.69, 9.17) is 5.73 Å². The van der Waals surface area contributed by atoms with Crippen molar-refractivity contribution >= 4 is 0 Å². The number of allylic oxidation sites excluding steroid dienone is 16. The summed E-state index contributed by atoms with van der Waals surface area (Å²) in [6.45, 7) is 12.0. The van der Waals surface area contributed by atoms with Gasteiger partial charge in [0.15, 0.2) is 0 Å². The standard InChI is InChI=1S/C24H33N/c1-6-8-10-14-21(3)15-11-9-12-16-22(4)17-13-18-24(7-2)20-19-23(5)25/h6,8-10,12-20H,5,7,11,25H2,1-4H3/b8-6-,12-9+,14-10+,17-13+,20-19+,21-15+,22-16+,24-18-. The molecule has 0 amide bonds. The SMILES string of the molecule is C=C(N)/C=C/C(=C\C=C\C(C)=C\C=C\C/C=C(C)/C=C/C=C\C)CC. The van der Waals surface area contributed by atoms with Gasteiger partial charge in [-0.15, -0.1) is 0 Å². The fourth-order valence-corrected chi connectivity index (χ4v) is 1.82. The number of rotatable bonds is 10. The van der Waals surface area contributed by atoms with Gasteiger partial charge in [0, 0.05) is 5.70 Å². The number of hydrogen-bond acceptors (Lipinski definition) is 1. The summed E-state index contributed by atoms with van der Waals surface area (Å²) in [6.07, 6.45) is 28.8. The maximum Gasteiger partial charge on any atom is 0.0241 e. The Morgan fingerprint density at radius 1 is 0.880 bits per heavy atom. The van der Waals surface area contributed by atoms with Gasteiger partial charge in [0.2, 0.25) is 0 Å². The van der Waals surface area contributed by atoms with E-state index in [2.05, 4.69) is 82.0 Å². The summed E-state index contributed by atoms with van der Waals surface area (Å²) in [4.78, 5) is 0.